The minimum atomic E-state index is -0.357. The van der Waals surface area contributed by atoms with Crippen LogP contribution in [-0.4, -0.2) is 11.8 Å². The van der Waals surface area contributed by atoms with Crippen molar-refractivity contribution >= 4 is 55.0 Å². The molecule has 6 heteroatoms. The van der Waals surface area contributed by atoms with Gasteiger partial charge in [-0.25, -0.2) is 4.79 Å². The number of urea groups is 1. The molecule has 2 aromatic rings. The molecule has 0 spiro atoms. The summed E-state index contributed by atoms with van der Waals surface area (Å²) in [5.74, 6) is -0.0101. The fraction of sp³-hybridized carbons (Fsp3) is 0.0667. The molecule has 0 saturated heterocycles. The van der Waals surface area contributed by atoms with Crippen LogP contribution in [0.25, 0.3) is 0 Å². The molecule has 108 valence electrons. The summed E-state index contributed by atoms with van der Waals surface area (Å²) in [5, 5.41) is 5.45. The van der Waals surface area contributed by atoms with E-state index in [2.05, 4.69) is 42.5 Å². The average Bonchev–Trinajstić information content (AvgIpc) is 2.43. The molecule has 0 aliphatic carbocycles. The summed E-state index contributed by atoms with van der Waals surface area (Å²) in [5.41, 5.74) is 1.88. The van der Waals surface area contributed by atoms with Crippen molar-refractivity contribution < 1.29 is 9.59 Å². The van der Waals surface area contributed by atoms with Gasteiger partial charge in [-0.1, -0.05) is 15.9 Å². The number of benzene rings is 2. The molecule has 2 N–H and O–H groups in total. The van der Waals surface area contributed by atoms with Crippen LogP contribution >= 0.6 is 31.9 Å². The van der Waals surface area contributed by atoms with Crippen molar-refractivity contribution in [1.29, 1.82) is 0 Å². The van der Waals surface area contributed by atoms with E-state index in [1.807, 2.05) is 12.1 Å². The molecular weight excluding hydrogens is 400 g/mol. The maximum atomic E-state index is 11.9. The SMILES string of the molecule is CC(=O)c1ccc(NC(=O)Nc2cc(Br)ccc2Br)cc1. The molecule has 0 bridgehead atoms. The minimum Gasteiger partial charge on any atom is -0.308 e. The van der Waals surface area contributed by atoms with E-state index >= 15 is 0 Å². The lowest BCUT2D eigenvalue weighted by molar-refractivity contribution is 0.101. The highest BCUT2D eigenvalue weighted by atomic mass is 79.9. The number of hydrogen-bond donors (Lipinski definition) is 2. The van der Waals surface area contributed by atoms with Gasteiger partial charge in [0.15, 0.2) is 5.78 Å². The summed E-state index contributed by atoms with van der Waals surface area (Å²) in [6.07, 6.45) is 0. The van der Waals surface area contributed by atoms with E-state index in [-0.39, 0.29) is 11.8 Å². The van der Waals surface area contributed by atoms with Crippen LogP contribution in [0.15, 0.2) is 51.4 Å². The van der Waals surface area contributed by atoms with E-state index in [1.54, 1.807) is 30.3 Å². The summed E-state index contributed by atoms with van der Waals surface area (Å²) in [6, 6.07) is 11.9. The van der Waals surface area contributed by atoms with E-state index in [0.29, 0.717) is 16.9 Å². The second kappa shape index (κ2) is 6.87. The molecule has 2 rings (SSSR count). The van der Waals surface area contributed by atoms with E-state index < -0.39 is 0 Å². The lowest BCUT2D eigenvalue weighted by Crippen LogP contribution is -2.19. The quantitative estimate of drug-likeness (QED) is 0.693. The van der Waals surface area contributed by atoms with Crippen LogP contribution in [0, 0.1) is 0 Å². The summed E-state index contributed by atoms with van der Waals surface area (Å²) < 4.78 is 1.65. The maximum absolute atomic E-state index is 11.9. The summed E-state index contributed by atoms with van der Waals surface area (Å²) in [7, 11) is 0. The predicted octanol–water partition coefficient (Wildman–Crippen LogP) is 5.06. The first kappa shape index (κ1) is 15.7. The Kier molecular flexibility index (Phi) is 5.14. The van der Waals surface area contributed by atoms with Gasteiger partial charge in [0, 0.05) is 20.2 Å². The van der Waals surface area contributed by atoms with Gasteiger partial charge in [0.1, 0.15) is 0 Å². The highest BCUT2D eigenvalue weighted by Crippen LogP contribution is 2.26. The van der Waals surface area contributed by atoms with Gasteiger partial charge in [0.05, 0.1) is 5.69 Å². The molecule has 0 radical (unpaired) electrons. The fourth-order valence-corrected chi connectivity index (χ4v) is 2.37. The first-order chi connectivity index (χ1) is 9.95. The number of amides is 2. The Balaban J connectivity index is 2.04. The van der Waals surface area contributed by atoms with E-state index in [1.165, 1.54) is 6.92 Å². The Labute approximate surface area is 139 Å². The van der Waals surface area contributed by atoms with Crippen molar-refractivity contribution in [3.63, 3.8) is 0 Å². The normalized spacial score (nSPS) is 10.0. The number of hydrogen-bond acceptors (Lipinski definition) is 2. The predicted molar refractivity (Wildman–Crippen MR) is 90.9 cm³/mol. The number of Topliss-reactive ketones (excluding diaryl/α,β-unsaturated/α-hetero) is 1. The van der Waals surface area contributed by atoms with Gasteiger partial charge < -0.3 is 10.6 Å². The molecule has 0 heterocycles. The van der Waals surface area contributed by atoms with Crippen molar-refractivity contribution in [3.8, 4) is 0 Å². The van der Waals surface area contributed by atoms with Crippen molar-refractivity contribution in [1.82, 2.24) is 0 Å². The Morgan fingerprint density at radius 2 is 1.62 bits per heavy atom. The number of carbonyl (C=O) groups excluding carboxylic acids is 2. The van der Waals surface area contributed by atoms with Crippen molar-refractivity contribution in [2.45, 2.75) is 6.92 Å². The zero-order chi connectivity index (χ0) is 15.4. The largest absolute Gasteiger partial charge is 0.323 e. The molecule has 0 aliphatic rings. The van der Waals surface area contributed by atoms with Crippen LogP contribution in [0.5, 0.6) is 0 Å². The van der Waals surface area contributed by atoms with Gasteiger partial charge in [-0.15, -0.1) is 0 Å². The molecule has 0 atom stereocenters. The first-order valence-electron chi connectivity index (χ1n) is 6.10. The van der Waals surface area contributed by atoms with Crippen molar-refractivity contribution in [2.24, 2.45) is 0 Å². The zero-order valence-corrected chi connectivity index (χ0v) is 14.3. The highest BCUT2D eigenvalue weighted by molar-refractivity contribution is 9.11. The lowest BCUT2D eigenvalue weighted by Gasteiger charge is -2.10. The molecule has 2 aromatic carbocycles. The summed E-state index contributed by atoms with van der Waals surface area (Å²) >= 11 is 6.72. The second-order valence-corrected chi connectivity index (χ2v) is 6.11. The highest BCUT2D eigenvalue weighted by Gasteiger charge is 2.07. The summed E-state index contributed by atoms with van der Waals surface area (Å²) in [6.45, 7) is 1.50. The lowest BCUT2D eigenvalue weighted by atomic mass is 10.1. The van der Waals surface area contributed by atoms with Crippen LogP contribution in [0.4, 0.5) is 16.2 Å². The second-order valence-electron chi connectivity index (χ2n) is 4.34. The van der Waals surface area contributed by atoms with Crippen LogP contribution in [0.2, 0.25) is 0 Å². The average molecular weight is 412 g/mol. The number of carbonyl (C=O) groups is 2. The molecule has 0 fully saturated rings. The number of rotatable bonds is 3. The van der Waals surface area contributed by atoms with Crippen molar-refractivity contribution in [3.05, 3.63) is 57.0 Å². The van der Waals surface area contributed by atoms with Gasteiger partial charge in [-0.2, -0.15) is 0 Å². The number of nitrogens with one attached hydrogen (secondary N) is 2. The Morgan fingerprint density at radius 3 is 2.24 bits per heavy atom. The topological polar surface area (TPSA) is 58.2 Å². The minimum absolute atomic E-state index is 0.0101. The Hall–Kier alpha value is -1.66. The van der Waals surface area contributed by atoms with Gasteiger partial charge in [0.2, 0.25) is 0 Å². The first-order valence-corrected chi connectivity index (χ1v) is 7.68. The standard InChI is InChI=1S/C15H12Br2N2O2/c1-9(20)10-2-5-12(6-3-10)18-15(21)19-14-8-11(16)4-7-13(14)17/h2-8H,1H3,(H2,18,19,21). The van der Waals surface area contributed by atoms with E-state index in [0.717, 1.165) is 8.95 Å². The summed E-state index contributed by atoms with van der Waals surface area (Å²) in [4.78, 5) is 23.1. The third-order valence-corrected chi connectivity index (χ3v) is 3.91. The van der Waals surface area contributed by atoms with Gasteiger partial charge in [-0.05, 0) is 65.3 Å². The number of anilines is 2. The van der Waals surface area contributed by atoms with Crippen LogP contribution in [-0.2, 0) is 0 Å². The van der Waals surface area contributed by atoms with Crippen LogP contribution in [0.3, 0.4) is 0 Å². The Bertz CT molecular complexity index is 685. The smallest absolute Gasteiger partial charge is 0.308 e. The molecule has 21 heavy (non-hydrogen) atoms. The monoisotopic (exact) mass is 410 g/mol. The van der Waals surface area contributed by atoms with E-state index in [9.17, 15) is 9.59 Å². The molecule has 0 saturated carbocycles. The zero-order valence-electron chi connectivity index (χ0n) is 11.1. The molecule has 0 aliphatic heterocycles. The molecule has 0 aromatic heterocycles. The number of ketones is 1. The van der Waals surface area contributed by atoms with Gasteiger partial charge >= 0.3 is 6.03 Å². The van der Waals surface area contributed by atoms with Crippen LogP contribution in [0.1, 0.15) is 17.3 Å². The molecule has 2 amide bonds. The van der Waals surface area contributed by atoms with Crippen molar-refractivity contribution in [2.75, 3.05) is 10.6 Å². The van der Waals surface area contributed by atoms with Gasteiger partial charge in [0.25, 0.3) is 0 Å². The molecule has 0 unspecified atom stereocenters. The van der Waals surface area contributed by atoms with Crippen LogP contribution < -0.4 is 10.6 Å². The third-order valence-electron chi connectivity index (χ3n) is 2.73. The molecule has 4 nitrogen and oxygen atoms in total. The maximum Gasteiger partial charge on any atom is 0.323 e. The number of halogens is 2. The Morgan fingerprint density at radius 1 is 0.952 bits per heavy atom. The van der Waals surface area contributed by atoms with Gasteiger partial charge in [-0.3, -0.25) is 4.79 Å². The third kappa shape index (κ3) is 4.41. The van der Waals surface area contributed by atoms with E-state index in [4.69, 9.17) is 0 Å². The molecular formula is C15H12Br2N2O2. The fourth-order valence-electron chi connectivity index (χ4n) is 1.67.